The smallest absolute Gasteiger partial charge is 0.310 e. The molecule has 0 radical (unpaired) electrons. The number of aliphatic carboxylic acids is 1. The lowest BCUT2D eigenvalue weighted by atomic mass is 9.76. The molecule has 3 nitrogen and oxygen atoms in total. The lowest BCUT2D eigenvalue weighted by Gasteiger charge is -2.35. The summed E-state index contributed by atoms with van der Waals surface area (Å²) in [6, 6.07) is 0. The Morgan fingerprint density at radius 2 is 1.60 bits per heavy atom. The summed E-state index contributed by atoms with van der Waals surface area (Å²) in [6.45, 7) is 10.4. The van der Waals surface area contributed by atoms with Crippen LogP contribution < -0.4 is 0 Å². The van der Waals surface area contributed by atoms with E-state index in [1.807, 2.05) is 0 Å². The molecule has 0 fully saturated rings. The van der Waals surface area contributed by atoms with Crippen LogP contribution in [0.1, 0.15) is 73.1 Å². The van der Waals surface area contributed by atoms with E-state index < -0.39 is 11.4 Å². The van der Waals surface area contributed by atoms with Crippen LogP contribution in [0.5, 0.6) is 0 Å². The molecule has 20 heavy (non-hydrogen) atoms. The van der Waals surface area contributed by atoms with E-state index in [9.17, 15) is 9.90 Å². The van der Waals surface area contributed by atoms with Gasteiger partial charge in [0.2, 0.25) is 0 Å². The first-order valence-corrected chi connectivity index (χ1v) is 7.81. The molecule has 2 rings (SSSR count). The molecule has 1 N–H and O–H groups in total. The predicted molar refractivity (Wildman–Crippen MR) is 79.7 cm³/mol. The topological polar surface area (TPSA) is 46.5 Å². The molecule has 0 atom stereocenters. The Kier molecular flexibility index (Phi) is 3.79. The fourth-order valence-corrected chi connectivity index (χ4v) is 4.01. The second kappa shape index (κ2) is 4.87. The molecule has 0 saturated heterocycles. The molecule has 1 heterocycles. The van der Waals surface area contributed by atoms with E-state index in [0.717, 1.165) is 25.7 Å². The molecule has 0 saturated carbocycles. The van der Waals surface area contributed by atoms with E-state index in [1.165, 1.54) is 11.1 Å². The predicted octanol–water partition coefficient (Wildman–Crippen LogP) is 4.32. The number of carboxylic acid groups (broad SMARTS) is 1. The van der Waals surface area contributed by atoms with Crippen molar-refractivity contribution in [3.8, 4) is 0 Å². The molecule has 114 valence electrons. The van der Waals surface area contributed by atoms with Gasteiger partial charge in [-0.3, -0.25) is 4.79 Å². The molecule has 1 aliphatic heterocycles. The van der Waals surface area contributed by atoms with Crippen molar-refractivity contribution in [1.29, 1.82) is 0 Å². The molecular weight excluding hydrogens is 252 g/mol. The Morgan fingerprint density at radius 1 is 1.10 bits per heavy atom. The molecular formula is C17H28O3. The van der Waals surface area contributed by atoms with Crippen molar-refractivity contribution in [1.82, 2.24) is 0 Å². The number of carbonyl (C=O) groups is 1. The van der Waals surface area contributed by atoms with Crippen LogP contribution in [-0.4, -0.2) is 22.3 Å². The van der Waals surface area contributed by atoms with Crippen LogP contribution in [0.4, 0.5) is 0 Å². The summed E-state index contributed by atoms with van der Waals surface area (Å²) >= 11 is 0. The van der Waals surface area contributed by atoms with E-state index in [2.05, 4.69) is 34.6 Å². The summed E-state index contributed by atoms with van der Waals surface area (Å²) < 4.78 is 6.13. The highest BCUT2D eigenvalue weighted by molar-refractivity contribution is 5.77. The van der Waals surface area contributed by atoms with Crippen molar-refractivity contribution in [3.05, 3.63) is 11.1 Å². The van der Waals surface area contributed by atoms with Gasteiger partial charge >= 0.3 is 5.97 Å². The first-order valence-electron chi connectivity index (χ1n) is 7.81. The third-order valence-electron chi connectivity index (χ3n) is 5.07. The summed E-state index contributed by atoms with van der Waals surface area (Å²) in [7, 11) is 0. The van der Waals surface area contributed by atoms with Crippen molar-refractivity contribution in [2.75, 3.05) is 0 Å². The number of ether oxygens (including phenoxy) is 1. The quantitative estimate of drug-likeness (QED) is 0.602. The van der Waals surface area contributed by atoms with Gasteiger partial charge in [-0.2, -0.15) is 0 Å². The fraction of sp³-hybridized carbons (Fsp3) is 0.824. The van der Waals surface area contributed by atoms with Crippen LogP contribution in [0.15, 0.2) is 11.1 Å². The average molecular weight is 280 g/mol. The number of hydrogen-bond acceptors (Lipinski definition) is 2. The molecule has 0 amide bonds. The summed E-state index contributed by atoms with van der Waals surface area (Å²) in [6.07, 6.45) is 5.36. The minimum absolute atomic E-state index is 0.319. The Labute approximate surface area is 122 Å². The van der Waals surface area contributed by atoms with Gasteiger partial charge in [0.25, 0.3) is 0 Å². The van der Waals surface area contributed by atoms with Gasteiger partial charge in [-0.1, -0.05) is 26.2 Å². The first kappa shape index (κ1) is 15.6. The van der Waals surface area contributed by atoms with Gasteiger partial charge < -0.3 is 9.84 Å². The van der Waals surface area contributed by atoms with Crippen LogP contribution in [0.25, 0.3) is 0 Å². The summed E-state index contributed by atoms with van der Waals surface area (Å²) in [4.78, 5) is 11.9. The molecule has 1 aliphatic carbocycles. The summed E-state index contributed by atoms with van der Waals surface area (Å²) in [5.74, 6) is -0.630. The zero-order chi connectivity index (χ0) is 15.2. The minimum atomic E-state index is -0.630. The van der Waals surface area contributed by atoms with Crippen LogP contribution in [0, 0.1) is 5.41 Å². The van der Waals surface area contributed by atoms with Crippen LogP contribution in [0.2, 0.25) is 0 Å². The molecule has 3 heteroatoms. The SMILES string of the molecule is CCCCCC1(C(=O)O)CC2=C(C1)C(C)(C)OC2(C)C. The molecule has 0 spiro atoms. The zero-order valence-corrected chi connectivity index (χ0v) is 13.5. The maximum Gasteiger partial charge on any atom is 0.310 e. The molecule has 0 aromatic rings. The highest BCUT2D eigenvalue weighted by Gasteiger charge is 2.56. The Bertz CT molecular complexity index is 417. The van der Waals surface area contributed by atoms with Crippen molar-refractivity contribution >= 4 is 5.97 Å². The van der Waals surface area contributed by atoms with Gasteiger partial charge in [-0.05, 0) is 58.1 Å². The number of hydrogen-bond donors (Lipinski definition) is 1. The second-order valence-electron chi connectivity index (χ2n) is 7.48. The lowest BCUT2D eigenvalue weighted by molar-refractivity contribution is -0.150. The Hall–Kier alpha value is -0.830. The fourth-order valence-electron chi connectivity index (χ4n) is 4.01. The van der Waals surface area contributed by atoms with Crippen molar-refractivity contribution in [2.24, 2.45) is 5.41 Å². The van der Waals surface area contributed by atoms with E-state index in [-0.39, 0.29) is 11.2 Å². The van der Waals surface area contributed by atoms with Gasteiger partial charge in [0.15, 0.2) is 0 Å². The second-order valence-corrected chi connectivity index (χ2v) is 7.48. The summed E-state index contributed by atoms with van der Waals surface area (Å²) in [5, 5.41) is 9.79. The van der Waals surface area contributed by atoms with Gasteiger partial charge in [0.1, 0.15) is 0 Å². The van der Waals surface area contributed by atoms with Crippen LogP contribution in [0.3, 0.4) is 0 Å². The standard InChI is InChI=1S/C17H28O3/c1-6-7-8-9-17(14(18)19)10-12-13(11-17)16(4,5)20-15(12,2)3/h6-11H2,1-5H3,(H,18,19). The normalized spacial score (nSPS) is 25.9. The van der Waals surface area contributed by atoms with Crippen molar-refractivity contribution in [2.45, 2.75) is 84.3 Å². The summed E-state index contributed by atoms with van der Waals surface area (Å²) in [5.41, 5.74) is 1.25. The van der Waals surface area contributed by atoms with E-state index in [4.69, 9.17) is 4.74 Å². The maximum atomic E-state index is 11.9. The number of carboxylic acids is 1. The number of unbranched alkanes of at least 4 members (excludes halogenated alkanes) is 2. The van der Waals surface area contributed by atoms with Gasteiger partial charge in [0, 0.05) is 0 Å². The van der Waals surface area contributed by atoms with E-state index in [1.54, 1.807) is 0 Å². The van der Waals surface area contributed by atoms with Crippen LogP contribution >= 0.6 is 0 Å². The lowest BCUT2D eigenvalue weighted by Crippen LogP contribution is -2.37. The monoisotopic (exact) mass is 280 g/mol. The maximum absolute atomic E-state index is 11.9. The van der Waals surface area contributed by atoms with Crippen LogP contribution in [-0.2, 0) is 9.53 Å². The van der Waals surface area contributed by atoms with Gasteiger partial charge in [0.05, 0.1) is 16.6 Å². The molecule has 0 bridgehead atoms. The Morgan fingerprint density at radius 3 is 2.00 bits per heavy atom. The van der Waals surface area contributed by atoms with Gasteiger partial charge in [-0.25, -0.2) is 0 Å². The van der Waals surface area contributed by atoms with Crippen molar-refractivity contribution < 1.29 is 14.6 Å². The third-order valence-corrected chi connectivity index (χ3v) is 5.07. The van der Waals surface area contributed by atoms with E-state index >= 15 is 0 Å². The first-order chi connectivity index (χ1) is 9.15. The Balaban J connectivity index is 2.25. The third kappa shape index (κ3) is 2.41. The molecule has 0 unspecified atom stereocenters. The average Bonchev–Trinajstić information content (AvgIpc) is 2.77. The van der Waals surface area contributed by atoms with Gasteiger partial charge in [-0.15, -0.1) is 0 Å². The largest absolute Gasteiger partial charge is 0.481 e. The molecule has 2 aliphatic rings. The highest BCUT2D eigenvalue weighted by Crippen LogP contribution is 2.57. The highest BCUT2D eigenvalue weighted by atomic mass is 16.5. The zero-order valence-electron chi connectivity index (χ0n) is 13.5. The van der Waals surface area contributed by atoms with Crippen molar-refractivity contribution in [3.63, 3.8) is 0 Å². The number of rotatable bonds is 5. The molecule has 0 aromatic carbocycles. The minimum Gasteiger partial charge on any atom is -0.481 e. The molecule has 0 aromatic heterocycles. The van der Waals surface area contributed by atoms with E-state index in [0.29, 0.717) is 12.8 Å².